The van der Waals surface area contributed by atoms with Gasteiger partial charge in [-0.05, 0) is 18.9 Å². The molecule has 12 heteroatoms. The Morgan fingerprint density at radius 3 is 2.68 bits per heavy atom. The van der Waals surface area contributed by atoms with E-state index in [1.165, 1.54) is 25.4 Å². The molecule has 0 aliphatic carbocycles. The second-order valence-corrected chi connectivity index (χ2v) is 8.00. The lowest BCUT2D eigenvalue weighted by Gasteiger charge is -2.38. The maximum absolute atomic E-state index is 14.1. The number of nitrogens with two attached hydrogens (primary N) is 1. The summed E-state index contributed by atoms with van der Waals surface area (Å²) in [5.74, 6) is -0.470. The van der Waals surface area contributed by atoms with E-state index in [-0.39, 0.29) is 5.75 Å². The van der Waals surface area contributed by atoms with Crippen LogP contribution in [-0.4, -0.2) is 67.2 Å². The number of hydrogen-bond acceptors (Lipinski definition) is 7. The summed E-state index contributed by atoms with van der Waals surface area (Å²) in [6, 6.07) is 2.23. The Hall–Kier alpha value is -2.15. The van der Waals surface area contributed by atoms with Gasteiger partial charge in [-0.3, -0.25) is 0 Å². The second-order valence-electron chi connectivity index (χ2n) is 6.50. The molecule has 1 saturated heterocycles. The molecule has 154 valence electrons. The highest BCUT2D eigenvalue weighted by atomic mass is 32.2. The third kappa shape index (κ3) is 4.29. The summed E-state index contributed by atoms with van der Waals surface area (Å²) < 4.78 is 56.3. The molecule has 28 heavy (non-hydrogen) atoms. The van der Waals surface area contributed by atoms with Crippen molar-refractivity contribution in [1.82, 2.24) is 14.5 Å². The van der Waals surface area contributed by atoms with Crippen LogP contribution in [0, 0.1) is 5.82 Å². The molecule has 9 nitrogen and oxygen atoms in total. The summed E-state index contributed by atoms with van der Waals surface area (Å²) in [5.41, 5.74) is 1.11. The van der Waals surface area contributed by atoms with E-state index in [1.807, 2.05) is 4.90 Å². The minimum Gasteiger partial charge on any atom is -0.494 e. The minimum atomic E-state index is -4.16. The van der Waals surface area contributed by atoms with Gasteiger partial charge in [-0.1, -0.05) is 0 Å². The monoisotopic (exact) mass is 417 g/mol. The van der Waals surface area contributed by atoms with Gasteiger partial charge in [-0.15, -0.1) is 0 Å². The first kappa shape index (κ1) is 20.6. The van der Waals surface area contributed by atoms with Gasteiger partial charge in [0.15, 0.2) is 11.6 Å². The molecule has 0 bridgehead atoms. The standard InChI is InChI=1S/C16H21F2N5O4S/c1-27-15-7-13-11(6-12(15)17)14(8-20-21-13)22-4-2-10(3-5-22)23(9-16(18)24)28(19,25)26/h6-8,10,16,24H,2-5,9H2,1H3,(H2,19,25,26). The Kier molecular flexibility index (Phi) is 5.93. The molecule has 2 heterocycles. The van der Waals surface area contributed by atoms with Gasteiger partial charge in [-0.25, -0.2) is 13.9 Å². The van der Waals surface area contributed by atoms with E-state index in [0.29, 0.717) is 42.5 Å². The van der Waals surface area contributed by atoms with Crippen LogP contribution in [0.4, 0.5) is 14.5 Å². The lowest BCUT2D eigenvalue weighted by molar-refractivity contribution is 0.0176. The van der Waals surface area contributed by atoms with Crippen LogP contribution >= 0.6 is 0 Å². The van der Waals surface area contributed by atoms with Crippen molar-refractivity contribution in [3.63, 3.8) is 0 Å². The number of benzene rings is 1. The first-order valence-electron chi connectivity index (χ1n) is 8.56. The van der Waals surface area contributed by atoms with Gasteiger partial charge in [0.05, 0.1) is 31.1 Å². The normalized spacial score (nSPS) is 17.3. The molecule has 1 aliphatic rings. The van der Waals surface area contributed by atoms with Crippen LogP contribution in [0.1, 0.15) is 12.8 Å². The average molecular weight is 417 g/mol. The highest BCUT2D eigenvalue weighted by molar-refractivity contribution is 7.86. The van der Waals surface area contributed by atoms with Crippen molar-refractivity contribution >= 4 is 26.8 Å². The van der Waals surface area contributed by atoms with Gasteiger partial charge in [0.1, 0.15) is 0 Å². The number of aromatic nitrogens is 2. The van der Waals surface area contributed by atoms with Crippen LogP contribution < -0.4 is 14.8 Å². The molecule has 0 radical (unpaired) electrons. The third-order valence-electron chi connectivity index (χ3n) is 4.76. The van der Waals surface area contributed by atoms with Crippen LogP contribution in [-0.2, 0) is 10.2 Å². The van der Waals surface area contributed by atoms with E-state index >= 15 is 0 Å². The van der Waals surface area contributed by atoms with Crippen LogP contribution in [0.25, 0.3) is 10.9 Å². The number of methoxy groups -OCH3 is 1. The molecule has 1 aromatic carbocycles. The molecule has 1 atom stereocenters. The molecule has 0 saturated carbocycles. The highest BCUT2D eigenvalue weighted by Gasteiger charge is 2.32. The Balaban J connectivity index is 1.82. The molecule has 2 aromatic rings. The van der Waals surface area contributed by atoms with Crippen molar-refractivity contribution in [3.8, 4) is 5.75 Å². The van der Waals surface area contributed by atoms with Gasteiger partial charge in [0, 0.05) is 30.6 Å². The number of aliphatic hydroxyl groups is 1. The van der Waals surface area contributed by atoms with Crippen molar-refractivity contribution in [2.24, 2.45) is 5.14 Å². The molecular formula is C16H21F2N5O4S. The Morgan fingerprint density at radius 1 is 1.43 bits per heavy atom. The summed E-state index contributed by atoms with van der Waals surface area (Å²) in [5, 5.41) is 22.6. The third-order valence-corrected chi connectivity index (χ3v) is 5.86. The molecule has 1 aromatic heterocycles. The molecule has 0 spiro atoms. The van der Waals surface area contributed by atoms with E-state index in [0.717, 1.165) is 4.31 Å². The van der Waals surface area contributed by atoms with Crippen molar-refractivity contribution in [3.05, 3.63) is 24.1 Å². The number of fused-ring (bicyclic) bond motifs is 1. The van der Waals surface area contributed by atoms with Gasteiger partial charge < -0.3 is 14.7 Å². The molecule has 3 rings (SSSR count). The van der Waals surface area contributed by atoms with Crippen molar-refractivity contribution in [2.75, 3.05) is 31.6 Å². The fourth-order valence-electron chi connectivity index (χ4n) is 3.46. The van der Waals surface area contributed by atoms with Gasteiger partial charge in [0.25, 0.3) is 10.2 Å². The summed E-state index contributed by atoms with van der Waals surface area (Å²) in [6.45, 7) is 0.106. The summed E-state index contributed by atoms with van der Waals surface area (Å²) in [6.07, 6.45) is -0.100. The first-order valence-corrected chi connectivity index (χ1v) is 10.1. The summed E-state index contributed by atoms with van der Waals surface area (Å²) in [4.78, 5) is 1.92. The number of aliphatic hydroxyl groups excluding tert-OH is 1. The first-order chi connectivity index (χ1) is 13.2. The predicted molar refractivity (Wildman–Crippen MR) is 98.2 cm³/mol. The van der Waals surface area contributed by atoms with Crippen molar-refractivity contribution in [1.29, 1.82) is 0 Å². The topological polar surface area (TPSA) is 122 Å². The van der Waals surface area contributed by atoms with Gasteiger partial charge in [-0.2, -0.15) is 22.9 Å². The number of alkyl halides is 1. The summed E-state index contributed by atoms with van der Waals surface area (Å²) in [7, 11) is -2.80. The maximum atomic E-state index is 14.1. The zero-order valence-corrected chi connectivity index (χ0v) is 15.9. The van der Waals surface area contributed by atoms with Crippen LogP contribution in [0.2, 0.25) is 0 Å². The number of ether oxygens (including phenoxy) is 1. The largest absolute Gasteiger partial charge is 0.494 e. The zero-order valence-electron chi connectivity index (χ0n) is 15.1. The van der Waals surface area contributed by atoms with Crippen LogP contribution in [0.5, 0.6) is 5.75 Å². The van der Waals surface area contributed by atoms with E-state index in [9.17, 15) is 17.2 Å². The van der Waals surface area contributed by atoms with E-state index in [4.69, 9.17) is 15.0 Å². The Morgan fingerprint density at radius 2 is 2.11 bits per heavy atom. The van der Waals surface area contributed by atoms with Crippen molar-refractivity contribution in [2.45, 2.75) is 25.2 Å². The highest BCUT2D eigenvalue weighted by Crippen LogP contribution is 2.32. The quantitative estimate of drug-likeness (QED) is 0.703. The van der Waals surface area contributed by atoms with Crippen LogP contribution in [0.15, 0.2) is 18.3 Å². The SMILES string of the molecule is COc1cc2nncc(N3CCC(N(CC(O)F)S(N)(=O)=O)CC3)c2cc1F. The number of anilines is 1. The molecule has 1 unspecified atom stereocenters. The zero-order chi connectivity index (χ0) is 20.5. The van der Waals surface area contributed by atoms with E-state index in [2.05, 4.69) is 10.2 Å². The lowest BCUT2D eigenvalue weighted by atomic mass is 10.0. The minimum absolute atomic E-state index is 0.0613. The predicted octanol–water partition coefficient (Wildman–Crippen LogP) is 0.540. The number of nitrogens with zero attached hydrogens (tertiary/aromatic N) is 4. The number of piperidine rings is 1. The van der Waals surface area contributed by atoms with Crippen molar-refractivity contribution < 1.29 is 27.0 Å². The van der Waals surface area contributed by atoms with Crippen LogP contribution in [0.3, 0.4) is 0 Å². The molecule has 1 fully saturated rings. The number of rotatable bonds is 6. The second kappa shape index (κ2) is 8.07. The van der Waals surface area contributed by atoms with Gasteiger partial charge >= 0.3 is 0 Å². The smallest absolute Gasteiger partial charge is 0.277 e. The molecular weight excluding hydrogens is 396 g/mol. The fourth-order valence-corrected chi connectivity index (χ4v) is 4.42. The number of halogens is 2. The summed E-state index contributed by atoms with van der Waals surface area (Å²) >= 11 is 0. The maximum Gasteiger partial charge on any atom is 0.277 e. The Labute approximate surface area is 160 Å². The van der Waals surface area contributed by atoms with Gasteiger partial charge in [0.2, 0.25) is 6.36 Å². The van der Waals surface area contributed by atoms with E-state index < -0.39 is 35.0 Å². The fraction of sp³-hybridized carbons (Fsp3) is 0.500. The average Bonchev–Trinajstić information content (AvgIpc) is 2.64. The lowest BCUT2D eigenvalue weighted by Crippen LogP contribution is -2.51. The van der Waals surface area contributed by atoms with E-state index in [1.54, 1.807) is 0 Å². The molecule has 3 N–H and O–H groups in total. The Bertz CT molecular complexity index is 951. The molecule has 1 aliphatic heterocycles. The number of hydrogen-bond donors (Lipinski definition) is 2. The molecule has 0 amide bonds.